The van der Waals surface area contributed by atoms with Gasteiger partial charge < -0.3 is 10.1 Å². The minimum Gasteiger partial charge on any atom is -0.492 e. The number of benzene rings is 2. The Morgan fingerprint density at radius 2 is 1.95 bits per heavy atom. The fourth-order valence-electron chi connectivity index (χ4n) is 2.19. The second-order valence-electron chi connectivity index (χ2n) is 4.83. The molecule has 0 spiro atoms. The lowest BCUT2D eigenvalue weighted by Gasteiger charge is -2.10. The van der Waals surface area contributed by atoms with Gasteiger partial charge in [0.1, 0.15) is 24.5 Å². The summed E-state index contributed by atoms with van der Waals surface area (Å²) < 4.78 is 5.71. The number of fused-ring (bicyclic) bond motifs is 1. The average molecular weight is 279 g/mol. The largest absolute Gasteiger partial charge is 0.492 e. The molecule has 0 unspecified atom stereocenters. The van der Waals surface area contributed by atoms with Gasteiger partial charge in [-0.15, -0.1) is 0 Å². The Morgan fingerprint density at radius 1 is 1.05 bits per heavy atom. The zero-order valence-electron chi connectivity index (χ0n) is 11.9. The van der Waals surface area contributed by atoms with Crippen molar-refractivity contribution >= 4 is 16.7 Å². The highest BCUT2D eigenvalue weighted by atomic mass is 16.5. The molecule has 0 bridgehead atoms. The summed E-state index contributed by atoms with van der Waals surface area (Å²) in [7, 11) is 0. The van der Waals surface area contributed by atoms with E-state index in [2.05, 4.69) is 28.3 Å². The van der Waals surface area contributed by atoms with Crippen LogP contribution in [0.15, 0.2) is 54.9 Å². The Balaban J connectivity index is 1.60. The molecule has 0 aliphatic carbocycles. The first kappa shape index (κ1) is 13.4. The van der Waals surface area contributed by atoms with Crippen molar-refractivity contribution in [3.8, 4) is 5.75 Å². The molecular formula is C17H17N3O. The Hall–Kier alpha value is -2.62. The molecule has 1 aromatic heterocycles. The van der Waals surface area contributed by atoms with Gasteiger partial charge >= 0.3 is 0 Å². The number of nitrogens with one attached hydrogen (secondary N) is 1. The monoisotopic (exact) mass is 279 g/mol. The number of ether oxygens (including phenoxy) is 1. The molecule has 106 valence electrons. The van der Waals surface area contributed by atoms with E-state index in [9.17, 15) is 0 Å². The summed E-state index contributed by atoms with van der Waals surface area (Å²) in [6.07, 6.45) is 1.58. The predicted octanol–water partition coefficient (Wildman–Crippen LogP) is 3.43. The van der Waals surface area contributed by atoms with Crippen LogP contribution in [0.5, 0.6) is 5.75 Å². The smallest absolute Gasteiger partial charge is 0.137 e. The molecule has 0 radical (unpaired) electrons. The molecule has 3 rings (SSSR count). The van der Waals surface area contributed by atoms with Crippen LogP contribution in [0.2, 0.25) is 0 Å². The molecule has 0 saturated heterocycles. The van der Waals surface area contributed by atoms with Gasteiger partial charge in [-0.05, 0) is 36.8 Å². The maximum absolute atomic E-state index is 5.71. The van der Waals surface area contributed by atoms with E-state index < -0.39 is 0 Å². The molecule has 3 aromatic rings. The van der Waals surface area contributed by atoms with E-state index in [1.165, 1.54) is 5.56 Å². The summed E-state index contributed by atoms with van der Waals surface area (Å²) in [5, 5.41) is 4.32. The Labute approximate surface area is 123 Å². The third kappa shape index (κ3) is 3.28. The van der Waals surface area contributed by atoms with Crippen LogP contribution in [0, 0.1) is 6.92 Å². The van der Waals surface area contributed by atoms with Crippen LogP contribution >= 0.6 is 0 Å². The van der Waals surface area contributed by atoms with Crippen molar-refractivity contribution in [3.05, 3.63) is 60.4 Å². The van der Waals surface area contributed by atoms with E-state index in [1.54, 1.807) is 6.33 Å². The molecule has 0 fully saturated rings. The first-order valence-corrected chi connectivity index (χ1v) is 6.96. The maximum Gasteiger partial charge on any atom is 0.137 e. The van der Waals surface area contributed by atoms with Crippen molar-refractivity contribution in [3.63, 3.8) is 0 Å². The molecular weight excluding hydrogens is 262 g/mol. The molecule has 0 amide bonds. The molecule has 0 aliphatic rings. The summed E-state index contributed by atoms with van der Waals surface area (Å²) in [4.78, 5) is 8.53. The predicted molar refractivity (Wildman–Crippen MR) is 84.7 cm³/mol. The molecule has 4 nitrogen and oxygen atoms in total. The summed E-state index contributed by atoms with van der Waals surface area (Å²) in [5.74, 6) is 1.73. The number of hydrogen-bond donors (Lipinski definition) is 1. The first-order chi connectivity index (χ1) is 10.3. The SMILES string of the molecule is Cc1cccc(OCCNc2ncnc3ccccc23)c1. The molecule has 0 aliphatic heterocycles. The van der Waals surface area contributed by atoms with Crippen LogP contribution in [0.25, 0.3) is 10.9 Å². The van der Waals surface area contributed by atoms with E-state index in [4.69, 9.17) is 4.74 Å². The number of para-hydroxylation sites is 1. The van der Waals surface area contributed by atoms with E-state index in [-0.39, 0.29) is 0 Å². The third-order valence-electron chi connectivity index (χ3n) is 3.20. The zero-order chi connectivity index (χ0) is 14.5. The Bertz CT molecular complexity index is 737. The van der Waals surface area contributed by atoms with Crippen LogP contribution in [0.1, 0.15) is 5.56 Å². The number of anilines is 1. The van der Waals surface area contributed by atoms with Crippen LogP contribution in [0.4, 0.5) is 5.82 Å². The van der Waals surface area contributed by atoms with Crippen molar-refractivity contribution in [2.24, 2.45) is 0 Å². The fraction of sp³-hybridized carbons (Fsp3) is 0.176. The summed E-state index contributed by atoms with van der Waals surface area (Å²) in [6.45, 7) is 3.33. The van der Waals surface area contributed by atoms with Gasteiger partial charge in [0.2, 0.25) is 0 Å². The lowest BCUT2D eigenvalue weighted by atomic mass is 10.2. The van der Waals surface area contributed by atoms with Gasteiger partial charge in [-0.25, -0.2) is 9.97 Å². The van der Waals surface area contributed by atoms with Gasteiger partial charge in [0.25, 0.3) is 0 Å². The summed E-state index contributed by atoms with van der Waals surface area (Å²) >= 11 is 0. The lowest BCUT2D eigenvalue weighted by Crippen LogP contribution is -2.12. The number of aromatic nitrogens is 2. The van der Waals surface area contributed by atoms with Gasteiger partial charge in [-0.3, -0.25) is 0 Å². The molecule has 2 aromatic carbocycles. The minimum atomic E-state index is 0.585. The van der Waals surface area contributed by atoms with Crippen LogP contribution in [-0.4, -0.2) is 23.1 Å². The van der Waals surface area contributed by atoms with Gasteiger partial charge in [-0.1, -0.05) is 24.3 Å². The highest BCUT2D eigenvalue weighted by molar-refractivity contribution is 5.88. The topological polar surface area (TPSA) is 47.0 Å². The number of aryl methyl sites for hydroxylation is 1. The van der Waals surface area contributed by atoms with E-state index >= 15 is 0 Å². The average Bonchev–Trinajstić information content (AvgIpc) is 2.52. The van der Waals surface area contributed by atoms with E-state index in [0.29, 0.717) is 13.2 Å². The molecule has 4 heteroatoms. The molecule has 21 heavy (non-hydrogen) atoms. The highest BCUT2D eigenvalue weighted by Gasteiger charge is 2.02. The number of rotatable bonds is 5. The van der Waals surface area contributed by atoms with Crippen molar-refractivity contribution in [2.45, 2.75) is 6.92 Å². The Kier molecular flexibility index (Phi) is 3.96. The van der Waals surface area contributed by atoms with E-state index in [0.717, 1.165) is 22.5 Å². The number of hydrogen-bond acceptors (Lipinski definition) is 4. The maximum atomic E-state index is 5.71. The number of nitrogens with zero attached hydrogens (tertiary/aromatic N) is 2. The van der Waals surface area contributed by atoms with Crippen molar-refractivity contribution in [1.29, 1.82) is 0 Å². The second kappa shape index (κ2) is 6.22. The van der Waals surface area contributed by atoms with Crippen LogP contribution in [0.3, 0.4) is 0 Å². The Morgan fingerprint density at radius 3 is 2.86 bits per heavy atom. The van der Waals surface area contributed by atoms with Gasteiger partial charge in [-0.2, -0.15) is 0 Å². The lowest BCUT2D eigenvalue weighted by molar-refractivity contribution is 0.332. The highest BCUT2D eigenvalue weighted by Crippen LogP contribution is 2.18. The van der Waals surface area contributed by atoms with Crippen LogP contribution in [-0.2, 0) is 0 Å². The van der Waals surface area contributed by atoms with Gasteiger partial charge in [0.15, 0.2) is 0 Å². The molecule has 0 saturated carbocycles. The van der Waals surface area contributed by atoms with Crippen LogP contribution < -0.4 is 10.1 Å². The first-order valence-electron chi connectivity index (χ1n) is 6.96. The quantitative estimate of drug-likeness (QED) is 0.727. The van der Waals surface area contributed by atoms with Crippen molar-refractivity contribution in [1.82, 2.24) is 9.97 Å². The standard InChI is InChI=1S/C17H17N3O/c1-13-5-4-6-14(11-13)21-10-9-18-17-15-7-2-3-8-16(15)19-12-20-17/h2-8,11-12H,9-10H2,1H3,(H,18,19,20). The molecule has 1 N–H and O–H groups in total. The van der Waals surface area contributed by atoms with Crippen molar-refractivity contribution < 1.29 is 4.74 Å². The second-order valence-corrected chi connectivity index (χ2v) is 4.83. The third-order valence-corrected chi connectivity index (χ3v) is 3.20. The summed E-state index contributed by atoms with van der Waals surface area (Å²) in [6, 6.07) is 16.0. The minimum absolute atomic E-state index is 0.585. The van der Waals surface area contributed by atoms with Gasteiger partial charge in [0, 0.05) is 5.39 Å². The molecule has 0 atom stereocenters. The normalized spacial score (nSPS) is 10.5. The van der Waals surface area contributed by atoms with Gasteiger partial charge in [0.05, 0.1) is 12.1 Å². The summed E-state index contributed by atoms with van der Waals surface area (Å²) in [5.41, 5.74) is 2.14. The van der Waals surface area contributed by atoms with E-state index in [1.807, 2.05) is 42.5 Å². The zero-order valence-corrected chi connectivity index (χ0v) is 11.9. The van der Waals surface area contributed by atoms with Crippen molar-refractivity contribution in [2.75, 3.05) is 18.5 Å². The fourth-order valence-corrected chi connectivity index (χ4v) is 2.19. The molecule has 1 heterocycles.